The predicted molar refractivity (Wildman–Crippen MR) is 131 cm³/mol. The second kappa shape index (κ2) is 10.3. The standard InChI is InChI=1S/C30H21O4/c1-5-13-23(14-6-1)31-27-21-28(32-24-15-7-2-8-16-24)30(34-26-19-11-4-12-20-26)29(22-27)33-25-17-9-3-10-18-25/h1-21H. The van der Waals surface area contributed by atoms with Crippen molar-refractivity contribution in [2.24, 2.45) is 0 Å². The highest BCUT2D eigenvalue weighted by Gasteiger charge is 2.20. The number of hydrogen-bond donors (Lipinski definition) is 0. The van der Waals surface area contributed by atoms with Crippen molar-refractivity contribution in [3.63, 3.8) is 0 Å². The Morgan fingerprint density at radius 1 is 0.412 bits per heavy atom. The van der Waals surface area contributed by atoms with E-state index in [0.29, 0.717) is 46.0 Å². The number of hydrogen-bond acceptors (Lipinski definition) is 4. The molecule has 0 fully saturated rings. The fraction of sp³-hybridized carbons (Fsp3) is 0. The number of para-hydroxylation sites is 4. The predicted octanol–water partition coefficient (Wildman–Crippen LogP) is 8.66. The van der Waals surface area contributed by atoms with E-state index in [1.54, 1.807) is 6.07 Å². The molecule has 0 aliphatic rings. The van der Waals surface area contributed by atoms with Crippen molar-refractivity contribution in [1.29, 1.82) is 0 Å². The van der Waals surface area contributed by atoms with Gasteiger partial charge in [0.15, 0.2) is 11.5 Å². The van der Waals surface area contributed by atoms with Gasteiger partial charge in [0.1, 0.15) is 28.7 Å². The molecule has 0 spiro atoms. The van der Waals surface area contributed by atoms with Gasteiger partial charge >= 0.3 is 0 Å². The minimum absolute atomic E-state index is 0.342. The number of rotatable bonds is 8. The third-order valence-corrected chi connectivity index (χ3v) is 4.80. The molecular weight excluding hydrogens is 424 g/mol. The first-order valence-electron chi connectivity index (χ1n) is 10.9. The van der Waals surface area contributed by atoms with Gasteiger partial charge < -0.3 is 18.9 Å². The van der Waals surface area contributed by atoms with Crippen LogP contribution in [0.25, 0.3) is 0 Å². The van der Waals surface area contributed by atoms with E-state index in [9.17, 15) is 0 Å². The van der Waals surface area contributed by atoms with Crippen LogP contribution in [0, 0.1) is 6.07 Å². The van der Waals surface area contributed by atoms with E-state index in [0.717, 1.165) is 0 Å². The van der Waals surface area contributed by atoms with Gasteiger partial charge in [0.25, 0.3) is 0 Å². The third-order valence-electron chi connectivity index (χ3n) is 4.80. The lowest BCUT2D eigenvalue weighted by molar-refractivity contribution is 0.379. The fourth-order valence-electron chi connectivity index (χ4n) is 3.24. The number of benzene rings is 5. The van der Waals surface area contributed by atoms with E-state index in [4.69, 9.17) is 18.9 Å². The maximum absolute atomic E-state index is 6.25. The summed E-state index contributed by atoms with van der Waals surface area (Å²) in [5, 5.41) is 0. The van der Waals surface area contributed by atoms with Crippen LogP contribution in [-0.2, 0) is 0 Å². The molecule has 0 amide bonds. The topological polar surface area (TPSA) is 36.9 Å². The van der Waals surface area contributed by atoms with Gasteiger partial charge in [-0.3, -0.25) is 0 Å². The van der Waals surface area contributed by atoms with Gasteiger partial charge in [-0.05, 0) is 48.5 Å². The van der Waals surface area contributed by atoms with E-state index in [1.165, 1.54) is 0 Å². The van der Waals surface area contributed by atoms with E-state index in [1.807, 2.05) is 121 Å². The van der Waals surface area contributed by atoms with E-state index in [-0.39, 0.29) is 0 Å². The smallest absolute Gasteiger partial charge is 0.213 e. The van der Waals surface area contributed by atoms with Crippen LogP contribution in [0.2, 0.25) is 0 Å². The van der Waals surface area contributed by atoms with Crippen molar-refractivity contribution in [2.75, 3.05) is 0 Å². The highest BCUT2D eigenvalue weighted by Crippen LogP contribution is 2.47. The van der Waals surface area contributed by atoms with Crippen LogP contribution >= 0.6 is 0 Å². The summed E-state index contributed by atoms with van der Waals surface area (Å²) in [5.74, 6) is 4.21. The molecule has 165 valence electrons. The Morgan fingerprint density at radius 2 is 0.824 bits per heavy atom. The summed E-state index contributed by atoms with van der Waals surface area (Å²) in [4.78, 5) is 0. The highest BCUT2D eigenvalue weighted by molar-refractivity contribution is 5.59. The molecule has 5 rings (SSSR count). The normalized spacial score (nSPS) is 10.4. The monoisotopic (exact) mass is 445 g/mol. The first kappa shape index (κ1) is 21.2. The van der Waals surface area contributed by atoms with Crippen molar-refractivity contribution >= 4 is 0 Å². The molecule has 0 N–H and O–H groups in total. The summed E-state index contributed by atoms with van der Waals surface area (Å²) in [6.45, 7) is 0. The Hall–Kier alpha value is -4.70. The molecule has 5 aromatic carbocycles. The van der Waals surface area contributed by atoms with Gasteiger partial charge in [0.2, 0.25) is 5.75 Å². The Balaban J connectivity index is 1.61. The Labute approximate surface area is 198 Å². The minimum Gasteiger partial charge on any atom is -0.456 e. The zero-order valence-electron chi connectivity index (χ0n) is 18.3. The molecule has 4 nitrogen and oxygen atoms in total. The summed E-state index contributed by atoms with van der Waals surface area (Å²) in [7, 11) is 0. The van der Waals surface area contributed by atoms with Gasteiger partial charge in [0.05, 0.1) is 6.07 Å². The Morgan fingerprint density at radius 3 is 1.32 bits per heavy atom. The van der Waals surface area contributed by atoms with Crippen molar-refractivity contribution in [2.45, 2.75) is 0 Å². The van der Waals surface area contributed by atoms with Crippen LogP contribution in [0.1, 0.15) is 0 Å². The van der Waals surface area contributed by atoms with Crippen molar-refractivity contribution in [1.82, 2.24) is 0 Å². The van der Waals surface area contributed by atoms with Gasteiger partial charge in [-0.2, -0.15) is 0 Å². The zero-order valence-corrected chi connectivity index (χ0v) is 18.3. The van der Waals surface area contributed by atoms with Gasteiger partial charge in [-0.1, -0.05) is 72.8 Å². The molecule has 0 heterocycles. The summed E-state index contributed by atoms with van der Waals surface area (Å²) in [5.41, 5.74) is 0. The summed E-state index contributed by atoms with van der Waals surface area (Å²) in [6.07, 6.45) is 0. The quantitative estimate of drug-likeness (QED) is 0.239. The van der Waals surface area contributed by atoms with Crippen LogP contribution in [0.3, 0.4) is 0 Å². The van der Waals surface area contributed by atoms with Crippen LogP contribution in [-0.4, -0.2) is 0 Å². The lowest BCUT2D eigenvalue weighted by Crippen LogP contribution is -1.96. The van der Waals surface area contributed by atoms with Gasteiger partial charge in [0, 0.05) is 6.07 Å². The largest absolute Gasteiger partial charge is 0.456 e. The molecule has 0 saturated heterocycles. The van der Waals surface area contributed by atoms with Gasteiger partial charge in [-0.25, -0.2) is 0 Å². The molecule has 4 heteroatoms. The highest BCUT2D eigenvalue weighted by atomic mass is 16.5. The molecule has 0 aliphatic carbocycles. The van der Waals surface area contributed by atoms with Crippen LogP contribution in [0.5, 0.6) is 46.0 Å². The molecule has 0 unspecified atom stereocenters. The van der Waals surface area contributed by atoms with Gasteiger partial charge in [-0.15, -0.1) is 0 Å². The fourth-order valence-corrected chi connectivity index (χ4v) is 3.24. The Kier molecular flexibility index (Phi) is 6.40. The van der Waals surface area contributed by atoms with E-state index >= 15 is 0 Å². The summed E-state index contributed by atoms with van der Waals surface area (Å²) < 4.78 is 24.8. The first-order chi connectivity index (χ1) is 16.8. The Bertz CT molecular complexity index is 1260. The second-order valence-corrected chi connectivity index (χ2v) is 7.32. The molecular formula is C30H21O4. The van der Waals surface area contributed by atoms with Crippen LogP contribution in [0.4, 0.5) is 0 Å². The molecule has 0 saturated carbocycles. The average Bonchev–Trinajstić information content (AvgIpc) is 2.88. The van der Waals surface area contributed by atoms with Crippen LogP contribution in [0.15, 0.2) is 127 Å². The lowest BCUT2D eigenvalue weighted by Gasteiger charge is -2.18. The maximum atomic E-state index is 6.25. The third kappa shape index (κ3) is 5.37. The number of ether oxygens (including phenoxy) is 4. The molecule has 5 aromatic rings. The second-order valence-electron chi connectivity index (χ2n) is 7.32. The summed E-state index contributed by atoms with van der Waals surface area (Å²) in [6, 6.07) is 42.9. The minimum atomic E-state index is 0.342. The first-order valence-corrected chi connectivity index (χ1v) is 10.9. The molecule has 0 bridgehead atoms. The molecule has 0 atom stereocenters. The lowest BCUT2D eigenvalue weighted by atomic mass is 10.2. The zero-order chi connectivity index (χ0) is 23.0. The molecule has 0 aliphatic heterocycles. The molecule has 0 aromatic heterocycles. The van der Waals surface area contributed by atoms with Crippen molar-refractivity contribution < 1.29 is 18.9 Å². The van der Waals surface area contributed by atoms with Crippen molar-refractivity contribution in [3.05, 3.63) is 133 Å². The average molecular weight is 445 g/mol. The summed E-state index contributed by atoms with van der Waals surface area (Å²) >= 11 is 0. The maximum Gasteiger partial charge on any atom is 0.213 e. The van der Waals surface area contributed by atoms with Crippen LogP contribution < -0.4 is 18.9 Å². The van der Waals surface area contributed by atoms with E-state index < -0.39 is 0 Å². The van der Waals surface area contributed by atoms with E-state index in [2.05, 4.69) is 6.07 Å². The molecule has 34 heavy (non-hydrogen) atoms. The SMILES string of the molecule is [c]1c(Oc2ccccc2)cc(Oc2ccccc2)c(Oc2ccccc2)c1Oc1ccccc1. The van der Waals surface area contributed by atoms with Crippen molar-refractivity contribution in [3.8, 4) is 46.0 Å². The molecule has 1 radical (unpaired) electrons.